The average Bonchev–Trinajstić information content (AvgIpc) is 2.98. The van der Waals surface area contributed by atoms with Crippen LogP contribution in [0, 0.1) is 18.3 Å². The van der Waals surface area contributed by atoms with Crippen LogP contribution < -0.4 is 0 Å². The minimum atomic E-state index is -4.08. The summed E-state index contributed by atoms with van der Waals surface area (Å²) >= 11 is 0. The Morgan fingerprint density at radius 3 is 2.38 bits per heavy atom. The van der Waals surface area contributed by atoms with Crippen molar-refractivity contribution in [2.45, 2.75) is 37.1 Å². The number of allylic oxidation sites excluding steroid dienone is 1. The number of carbonyl (C=O) groups is 1. The first-order valence-corrected chi connectivity index (χ1v) is 10.7. The quantitative estimate of drug-likeness (QED) is 0.531. The number of aryl methyl sites for hydroxylation is 1. The third-order valence-electron chi connectivity index (χ3n) is 4.81. The van der Waals surface area contributed by atoms with E-state index < -0.39 is 21.5 Å². The number of benzene rings is 2. The molecule has 1 aliphatic heterocycles. The molecule has 2 aromatic carbocycles. The van der Waals surface area contributed by atoms with Crippen LogP contribution in [0.3, 0.4) is 0 Å². The van der Waals surface area contributed by atoms with Crippen LogP contribution in [-0.4, -0.2) is 24.2 Å². The molecule has 148 valence electrons. The molecule has 3 rings (SSSR count). The van der Waals surface area contributed by atoms with Crippen molar-refractivity contribution >= 4 is 21.5 Å². The minimum absolute atomic E-state index is 0.0656. The van der Waals surface area contributed by atoms with Gasteiger partial charge in [-0.3, -0.25) is 4.79 Å². The maximum atomic E-state index is 13.4. The second-order valence-corrected chi connectivity index (χ2v) is 8.92. The number of nitriles is 1. The predicted octanol–water partition coefficient (Wildman–Crippen LogP) is 4.23. The number of unbranched alkanes of at least 4 members (excludes halogenated alkanes) is 1. The van der Waals surface area contributed by atoms with Gasteiger partial charge in [0.15, 0.2) is 0 Å². The Bertz CT molecular complexity index is 1110. The van der Waals surface area contributed by atoms with E-state index in [2.05, 4.69) is 6.07 Å². The summed E-state index contributed by atoms with van der Waals surface area (Å²) in [7, 11) is -4.08. The molecule has 1 amide bonds. The van der Waals surface area contributed by atoms with Gasteiger partial charge in [-0.15, -0.1) is 0 Å². The van der Waals surface area contributed by atoms with Crippen molar-refractivity contribution in [2.75, 3.05) is 0 Å². The number of hydrogen-bond donors (Lipinski definition) is 0. The third kappa shape index (κ3) is 4.01. The second-order valence-electron chi connectivity index (χ2n) is 7.14. The summed E-state index contributed by atoms with van der Waals surface area (Å²) in [5.74, 6) is -0.566. The Morgan fingerprint density at radius 2 is 1.76 bits per heavy atom. The minimum Gasteiger partial charge on any atom is -0.268 e. The highest BCUT2D eigenvalue weighted by molar-refractivity contribution is 7.89. The number of sulfonamides is 1. The fourth-order valence-electron chi connectivity index (χ4n) is 3.33. The lowest BCUT2D eigenvalue weighted by Gasteiger charge is -2.31. The molecule has 0 bridgehead atoms. The molecule has 1 atom stereocenters. The molecule has 1 heterocycles. The van der Waals surface area contributed by atoms with Crippen LogP contribution in [0.2, 0.25) is 0 Å². The number of rotatable bonds is 6. The van der Waals surface area contributed by atoms with Gasteiger partial charge in [0.25, 0.3) is 15.9 Å². The Balaban J connectivity index is 2.10. The number of nitrogens with zero attached hydrogens (tertiary/aromatic N) is 2. The van der Waals surface area contributed by atoms with Gasteiger partial charge < -0.3 is 0 Å². The molecule has 0 spiro atoms. The zero-order chi connectivity index (χ0) is 21.1. The van der Waals surface area contributed by atoms with Crippen molar-refractivity contribution in [1.29, 1.82) is 5.26 Å². The topological polar surface area (TPSA) is 78.2 Å². The summed E-state index contributed by atoms with van der Waals surface area (Å²) in [4.78, 5) is 13.4. The highest BCUT2D eigenvalue weighted by atomic mass is 32.2. The lowest BCUT2D eigenvalue weighted by atomic mass is 9.99. The van der Waals surface area contributed by atoms with Crippen LogP contribution in [0.25, 0.3) is 5.57 Å². The maximum absolute atomic E-state index is 13.4. The van der Waals surface area contributed by atoms with Crippen LogP contribution in [0.15, 0.2) is 77.7 Å². The van der Waals surface area contributed by atoms with Gasteiger partial charge in [0.1, 0.15) is 0 Å². The van der Waals surface area contributed by atoms with E-state index in [1.54, 1.807) is 61.5 Å². The molecule has 0 aromatic heterocycles. The van der Waals surface area contributed by atoms with Crippen LogP contribution in [0.5, 0.6) is 0 Å². The number of amides is 1. The van der Waals surface area contributed by atoms with Gasteiger partial charge >= 0.3 is 0 Å². The van der Waals surface area contributed by atoms with Crippen molar-refractivity contribution in [3.63, 3.8) is 0 Å². The SMILES string of the molecule is Cc1ccc(S(=O)(=O)N2C(=O)C(c3ccccc3)=C[C@]2(C)/C=C/CCC#N)cc1. The first kappa shape index (κ1) is 20.6. The first-order chi connectivity index (χ1) is 13.8. The lowest BCUT2D eigenvalue weighted by molar-refractivity contribution is -0.121. The molecule has 29 heavy (non-hydrogen) atoms. The fraction of sp³-hybridized carbons (Fsp3) is 0.217. The summed E-state index contributed by atoms with van der Waals surface area (Å²) < 4.78 is 27.8. The van der Waals surface area contributed by atoms with Crippen LogP contribution in [-0.2, 0) is 14.8 Å². The summed E-state index contributed by atoms with van der Waals surface area (Å²) in [5.41, 5.74) is 0.768. The van der Waals surface area contributed by atoms with Crippen molar-refractivity contribution in [1.82, 2.24) is 4.31 Å². The molecule has 6 heteroatoms. The van der Waals surface area contributed by atoms with Crippen LogP contribution in [0.4, 0.5) is 0 Å². The van der Waals surface area contributed by atoms with E-state index >= 15 is 0 Å². The lowest BCUT2D eigenvalue weighted by Crippen LogP contribution is -2.46. The Labute approximate surface area is 171 Å². The van der Waals surface area contributed by atoms with Gasteiger partial charge in [0.2, 0.25) is 0 Å². The van der Waals surface area contributed by atoms with Crippen molar-refractivity contribution < 1.29 is 13.2 Å². The monoisotopic (exact) mass is 406 g/mol. The molecule has 5 nitrogen and oxygen atoms in total. The maximum Gasteiger partial charge on any atom is 0.269 e. The molecule has 0 radical (unpaired) electrons. The van der Waals surface area contributed by atoms with E-state index in [1.165, 1.54) is 12.1 Å². The summed E-state index contributed by atoms with van der Waals surface area (Å²) in [6, 6.07) is 17.5. The molecular weight excluding hydrogens is 384 g/mol. The van der Waals surface area contributed by atoms with E-state index in [0.29, 0.717) is 24.0 Å². The highest BCUT2D eigenvalue weighted by Crippen LogP contribution is 2.39. The number of hydrogen-bond acceptors (Lipinski definition) is 4. The van der Waals surface area contributed by atoms with E-state index in [4.69, 9.17) is 5.26 Å². The normalized spacial score (nSPS) is 19.4. The van der Waals surface area contributed by atoms with Gasteiger partial charge in [-0.05, 0) is 44.0 Å². The van der Waals surface area contributed by atoms with Crippen LogP contribution >= 0.6 is 0 Å². The Morgan fingerprint density at radius 1 is 1.10 bits per heavy atom. The molecule has 1 aliphatic rings. The molecule has 0 fully saturated rings. The Kier molecular flexibility index (Phi) is 5.71. The van der Waals surface area contributed by atoms with E-state index in [9.17, 15) is 13.2 Å². The Hall–Kier alpha value is -3.17. The molecule has 0 unspecified atom stereocenters. The van der Waals surface area contributed by atoms with Crippen molar-refractivity contribution in [2.24, 2.45) is 0 Å². The van der Waals surface area contributed by atoms with Gasteiger partial charge in [0, 0.05) is 12.0 Å². The van der Waals surface area contributed by atoms with Gasteiger partial charge in [0.05, 0.1) is 16.5 Å². The molecule has 0 N–H and O–H groups in total. The van der Waals surface area contributed by atoms with E-state index in [1.807, 2.05) is 13.0 Å². The predicted molar refractivity (Wildman–Crippen MR) is 112 cm³/mol. The molecule has 0 saturated heterocycles. The van der Waals surface area contributed by atoms with Crippen molar-refractivity contribution in [3.8, 4) is 6.07 Å². The highest BCUT2D eigenvalue weighted by Gasteiger charge is 2.47. The summed E-state index contributed by atoms with van der Waals surface area (Å²) in [5, 5.41) is 8.75. The molecular formula is C23H22N2O3S. The molecule has 2 aromatic rings. The average molecular weight is 407 g/mol. The van der Waals surface area contributed by atoms with Gasteiger partial charge in [-0.1, -0.05) is 60.2 Å². The second kappa shape index (κ2) is 8.06. The summed E-state index contributed by atoms with van der Waals surface area (Å²) in [6.07, 6.45) is 5.91. The zero-order valence-corrected chi connectivity index (χ0v) is 17.2. The third-order valence-corrected chi connectivity index (χ3v) is 6.72. The van der Waals surface area contributed by atoms with Gasteiger partial charge in [-0.2, -0.15) is 5.26 Å². The van der Waals surface area contributed by atoms with Crippen LogP contribution in [0.1, 0.15) is 30.9 Å². The molecule has 0 saturated carbocycles. The molecule has 0 aliphatic carbocycles. The van der Waals surface area contributed by atoms with E-state index in [-0.39, 0.29) is 4.90 Å². The van der Waals surface area contributed by atoms with Gasteiger partial charge in [-0.25, -0.2) is 12.7 Å². The largest absolute Gasteiger partial charge is 0.269 e. The van der Waals surface area contributed by atoms with E-state index in [0.717, 1.165) is 9.87 Å². The zero-order valence-electron chi connectivity index (χ0n) is 16.4. The smallest absolute Gasteiger partial charge is 0.268 e. The van der Waals surface area contributed by atoms with Crippen molar-refractivity contribution in [3.05, 3.63) is 84.0 Å². The fourth-order valence-corrected chi connectivity index (χ4v) is 4.97. The standard InChI is InChI=1S/C23H22N2O3S/c1-18-11-13-20(14-12-18)29(27,28)25-22(26)21(19-9-5-3-6-10-19)17-23(25,2)15-7-4-8-16-24/h3,5-7,9-15,17H,4,8H2,1-2H3/b15-7+/t23-/m0/s1. The number of carbonyl (C=O) groups excluding carboxylic acids is 1. The first-order valence-electron chi connectivity index (χ1n) is 9.29. The summed E-state index contributed by atoms with van der Waals surface area (Å²) in [6.45, 7) is 3.56.